The summed E-state index contributed by atoms with van der Waals surface area (Å²) >= 11 is 0. The Balaban J connectivity index is 1.34. The van der Waals surface area contributed by atoms with E-state index in [4.69, 9.17) is 9.47 Å². The summed E-state index contributed by atoms with van der Waals surface area (Å²) in [5.41, 5.74) is -0.931. The van der Waals surface area contributed by atoms with Gasteiger partial charge in [-0.15, -0.1) is 0 Å². The molecule has 5 aliphatic rings. The third kappa shape index (κ3) is 4.16. The Labute approximate surface area is 160 Å². The summed E-state index contributed by atoms with van der Waals surface area (Å²) in [7, 11) is -2.91. The number of sulfone groups is 1. The van der Waals surface area contributed by atoms with Crippen LogP contribution in [0, 0.1) is 11.8 Å². The third-order valence-electron chi connectivity index (χ3n) is 6.71. The van der Waals surface area contributed by atoms with Crippen LogP contribution in [-0.2, 0) is 28.9 Å². The second kappa shape index (κ2) is 6.72. The molecular weight excluding hydrogens is 370 g/mol. The van der Waals surface area contributed by atoms with E-state index < -0.39 is 21.0 Å². The summed E-state index contributed by atoms with van der Waals surface area (Å²) in [4.78, 5) is 26.2. The van der Waals surface area contributed by atoms with Crippen molar-refractivity contribution in [3.8, 4) is 0 Å². The molecule has 4 saturated carbocycles. The monoisotopic (exact) mass is 399 g/mol. The maximum atomic E-state index is 12.5. The van der Waals surface area contributed by atoms with Gasteiger partial charge in [-0.1, -0.05) is 0 Å². The van der Waals surface area contributed by atoms with Gasteiger partial charge in [0.25, 0.3) is 0 Å². The molecule has 5 fully saturated rings. The molecule has 7 nitrogen and oxygen atoms in total. The van der Waals surface area contributed by atoms with E-state index in [1.807, 2.05) is 4.90 Å². The zero-order chi connectivity index (χ0) is 19.3. The summed E-state index contributed by atoms with van der Waals surface area (Å²) < 4.78 is 34.8. The highest BCUT2D eigenvalue weighted by Gasteiger charge is 2.61. The van der Waals surface area contributed by atoms with E-state index in [0.717, 1.165) is 32.1 Å². The average molecular weight is 400 g/mol. The predicted octanol–water partition coefficient (Wildman–Crippen LogP) is 1.30. The number of rotatable bonds is 5. The van der Waals surface area contributed by atoms with Gasteiger partial charge in [-0.2, -0.15) is 0 Å². The first-order valence-corrected chi connectivity index (χ1v) is 11.8. The molecule has 2 unspecified atom stereocenters. The van der Waals surface area contributed by atoms with Crippen molar-refractivity contribution in [3.63, 3.8) is 0 Å². The SMILES string of the molecule is CC(=O)OC12CC3CC(C1)CC(OC(=O)CCN1CCS(=O)(=O)CC1)(C3)C2. The molecule has 4 bridgehead atoms. The lowest BCUT2D eigenvalue weighted by atomic mass is 9.52. The lowest BCUT2D eigenvalue weighted by molar-refractivity contribution is -0.230. The van der Waals surface area contributed by atoms with Crippen LogP contribution in [0.2, 0.25) is 0 Å². The zero-order valence-corrected chi connectivity index (χ0v) is 16.8. The van der Waals surface area contributed by atoms with E-state index in [9.17, 15) is 18.0 Å². The van der Waals surface area contributed by atoms with Crippen LogP contribution >= 0.6 is 0 Å². The molecule has 27 heavy (non-hydrogen) atoms. The lowest BCUT2D eigenvalue weighted by Crippen LogP contribution is -2.61. The Morgan fingerprint density at radius 2 is 1.56 bits per heavy atom. The molecule has 8 heteroatoms. The fourth-order valence-electron chi connectivity index (χ4n) is 6.16. The molecule has 0 N–H and O–H groups in total. The molecule has 1 heterocycles. The molecule has 4 aliphatic carbocycles. The Kier molecular flexibility index (Phi) is 4.78. The average Bonchev–Trinajstić information content (AvgIpc) is 2.50. The van der Waals surface area contributed by atoms with Crippen molar-refractivity contribution in [2.45, 2.75) is 63.1 Å². The van der Waals surface area contributed by atoms with E-state index in [1.165, 1.54) is 6.92 Å². The van der Waals surface area contributed by atoms with Crippen molar-refractivity contribution in [1.29, 1.82) is 0 Å². The molecule has 0 aromatic heterocycles. The Morgan fingerprint density at radius 1 is 1.00 bits per heavy atom. The number of hydrogen-bond donors (Lipinski definition) is 0. The number of carbonyl (C=O) groups excluding carboxylic acids is 2. The first-order chi connectivity index (χ1) is 12.7. The Bertz CT molecular complexity index is 704. The van der Waals surface area contributed by atoms with Gasteiger partial charge in [-0.25, -0.2) is 8.42 Å². The highest BCUT2D eigenvalue weighted by Crippen LogP contribution is 2.60. The molecule has 1 aliphatic heterocycles. The summed E-state index contributed by atoms with van der Waals surface area (Å²) in [6.07, 6.45) is 5.58. The normalized spacial score (nSPS) is 39.9. The maximum absolute atomic E-state index is 12.5. The van der Waals surface area contributed by atoms with Crippen LogP contribution in [0.25, 0.3) is 0 Å². The fourth-order valence-corrected chi connectivity index (χ4v) is 7.43. The smallest absolute Gasteiger partial charge is 0.307 e. The van der Waals surface area contributed by atoms with Gasteiger partial charge in [0.15, 0.2) is 9.84 Å². The highest BCUT2D eigenvalue weighted by atomic mass is 32.2. The number of esters is 2. The van der Waals surface area contributed by atoms with Crippen molar-refractivity contribution in [3.05, 3.63) is 0 Å². The summed E-state index contributed by atoms with van der Waals surface area (Å²) in [6, 6.07) is 0. The molecule has 5 rings (SSSR count). The van der Waals surface area contributed by atoms with E-state index >= 15 is 0 Å². The van der Waals surface area contributed by atoms with Gasteiger partial charge >= 0.3 is 11.9 Å². The van der Waals surface area contributed by atoms with Gasteiger partial charge in [-0.3, -0.25) is 9.59 Å². The van der Waals surface area contributed by atoms with Gasteiger partial charge in [0.1, 0.15) is 11.2 Å². The first kappa shape index (κ1) is 19.2. The van der Waals surface area contributed by atoms with Crippen LogP contribution < -0.4 is 0 Å². The molecule has 1 saturated heterocycles. The maximum Gasteiger partial charge on any atom is 0.307 e. The fraction of sp³-hybridized carbons (Fsp3) is 0.895. The Hall–Kier alpha value is -1.15. The number of ether oxygens (including phenoxy) is 2. The second-order valence-electron chi connectivity index (χ2n) is 9.14. The first-order valence-electron chi connectivity index (χ1n) is 10.0. The van der Waals surface area contributed by atoms with E-state index in [1.54, 1.807) is 0 Å². The minimum atomic E-state index is -2.91. The van der Waals surface area contributed by atoms with Gasteiger partial charge in [-0.05, 0) is 43.9 Å². The zero-order valence-electron chi connectivity index (χ0n) is 15.9. The van der Waals surface area contributed by atoms with Crippen molar-refractivity contribution >= 4 is 21.8 Å². The summed E-state index contributed by atoms with van der Waals surface area (Å²) in [5, 5.41) is 0. The van der Waals surface area contributed by atoms with Crippen molar-refractivity contribution in [1.82, 2.24) is 4.90 Å². The number of carbonyl (C=O) groups is 2. The van der Waals surface area contributed by atoms with Gasteiger partial charge in [0, 0.05) is 33.0 Å². The van der Waals surface area contributed by atoms with Crippen LogP contribution in [0.4, 0.5) is 0 Å². The quantitative estimate of drug-likeness (QED) is 0.644. The largest absolute Gasteiger partial charge is 0.459 e. The predicted molar refractivity (Wildman–Crippen MR) is 97.7 cm³/mol. The summed E-state index contributed by atoms with van der Waals surface area (Å²) in [5.74, 6) is 0.791. The van der Waals surface area contributed by atoms with E-state index in [2.05, 4.69) is 0 Å². The molecule has 0 aromatic carbocycles. The summed E-state index contributed by atoms with van der Waals surface area (Å²) in [6.45, 7) is 2.96. The third-order valence-corrected chi connectivity index (χ3v) is 8.32. The topological polar surface area (TPSA) is 90.0 Å². The molecule has 2 atom stereocenters. The molecule has 0 radical (unpaired) electrons. The number of hydrogen-bond acceptors (Lipinski definition) is 7. The molecular formula is C19H29NO6S. The van der Waals surface area contributed by atoms with Crippen LogP contribution in [0.15, 0.2) is 0 Å². The van der Waals surface area contributed by atoms with Crippen LogP contribution in [-0.4, -0.2) is 67.6 Å². The molecule has 0 amide bonds. The van der Waals surface area contributed by atoms with Gasteiger partial charge < -0.3 is 14.4 Å². The van der Waals surface area contributed by atoms with Crippen LogP contribution in [0.1, 0.15) is 51.9 Å². The minimum Gasteiger partial charge on any atom is -0.459 e. The second-order valence-corrected chi connectivity index (χ2v) is 11.4. The van der Waals surface area contributed by atoms with Crippen LogP contribution in [0.3, 0.4) is 0 Å². The van der Waals surface area contributed by atoms with Gasteiger partial charge in [0.05, 0.1) is 17.9 Å². The standard InChI is InChI=1S/C19H29NO6S/c1-14(21)25-18-9-15-8-16(10-18)12-19(11-15,13-18)26-17(22)2-3-20-4-6-27(23,24)7-5-20/h15-16H,2-13H2,1H3. The minimum absolute atomic E-state index is 0.167. The Morgan fingerprint density at radius 3 is 2.11 bits per heavy atom. The van der Waals surface area contributed by atoms with Crippen LogP contribution in [0.5, 0.6) is 0 Å². The number of nitrogens with zero attached hydrogens (tertiary/aromatic N) is 1. The van der Waals surface area contributed by atoms with Crippen molar-refractivity contribution in [2.75, 3.05) is 31.1 Å². The van der Waals surface area contributed by atoms with Crippen molar-refractivity contribution < 1.29 is 27.5 Å². The molecule has 0 aromatic rings. The van der Waals surface area contributed by atoms with E-state index in [-0.39, 0.29) is 29.9 Å². The van der Waals surface area contributed by atoms with Gasteiger partial charge in [0.2, 0.25) is 0 Å². The molecule has 152 valence electrons. The molecule has 0 spiro atoms. The van der Waals surface area contributed by atoms with Crippen molar-refractivity contribution in [2.24, 2.45) is 11.8 Å². The van der Waals surface area contributed by atoms with E-state index in [0.29, 0.717) is 37.9 Å². The highest BCUT2D eigenvalue weighted by molar-refractivity contribution is 7.91. The lowest BCUT2D eigenvalue weighted by Gasteiger charge is -2.60.